The number of nitriles is 1. The van der Waals surface area contributed by atoms with Crippen LogP contribution in [0.5, 0.6) is 0 Å². The minimum atomic E-state index is -1.33. The molecular formula is C16H9N3O3. The Hall–Kier alpha value is -3.46. The van der Waals surface area contributed by atoms with E-state index >= 15 is 0 Å². The number of nitrogens with zero attached hydrogens (tertiary/aromatic N) is 3. The van der Waals surface area contributed by atoms with Gasteiger partial charge in [-0.15, -0.1) is 0 Å². The lowest BCUT2D eigenvalue weighted by Gasteiger charge is -1.98. The fourth-order valence-corrected chi connectivity index (χ4v) is 2.00. The van der Waals surface area contributed by atoms with E-state index in [1.807, 2.05) is 42.5 Å². The molecule has 3 aromatic rings. The number of aromatic nitrogens is 2. The van der Waals surface area contributed by atoms with Crippen LogP contribution in [0.4, 0.5) is 0 Å². The van der Waals surface area contributed by atoms with E-state index in [2.05, 4.69) is 10.1 Å². The average Bonchev–Trinajstić information content (AvgIpc) is 3.00. The fourth-order valence-electron chi connectivity index (χ4n) is 2.00. The van der Waals surface area contributed by atoms with Crippen molar-refractivity contribution in [2.45, 2.75) is 0 Å². The van der Waals surface area contributed by atoms with Crippen LogP contribution in [0.25, 0.3) is 28.3 Å². The maximum absolute atomic E-state index is 10.8. The molecule has 0 aliphatic carbocycles. The first-order valence-corrected chi connectivity index (χ1v) is 6.35. The molecule has 0 aliphatic heterocycles. The number of aliphatic carboxylic acids is 1. The Bertz CT molecular complexity index is 935. The van der Waals surface area contributed by atoms with Crippen LogP contribution in [0.1, 0.15) is 5.82 Å². The van der Waals surface area contributed by atoms with Crippen molar-refractivity contribution in [3.8, 4) is 17.5 Å². The van der Waals surface area contributed by atoms with Gasteiger partial charge in [0.2, 0.25) is 0 Å². The number of carboxylic acid groups (broad SMARTS) is 1. The highest BCUT2D eigenvalue weighted by Crippen LogP contribution is 2.23. The Morgan fingerprint density at radius 2 is 2.00 bits per heavy atom. The third kappa shape index (κ3) is 2.55. The van der Waals surface area contributed by atoms with Crippen LogP contribution in [0.15, 0.2) is 52.6 Å². The van der Waals surface area contributed by atoms with Gasteiger partial charge in [-0.05, 0) is 22.9 Å². The number of hydrogen-bond donors (Lipinski definition) is 1. The summed E-state index contributed by atoms with van der Waals surface area (Å²) >= 11 is 0. The molecule has 1 N–H and O–H groups in total. The average molecular weight is 291 g/mol. The van der Waals surface area contributed by atoms with Crippen LogP contribution >= 0.6 is 0 Å². The summed E-state index contributed by atoms with van der Waals surface area (Å²) in [6.45, 7) is 0. The van der Waals surface area contributed by atoms with Gasteiger partial charge in [0.05, 0.1) is 0 Å². The Labute approximate surface area is 124 Å². The predicted octanol–water partition coefficient (Wildman–Crippen LogP) is 2.88. The van der Waals surface area contributed by atoms with E-state index in [1.165, 1.54) is 0 Å². The molecule has 0 bridgehead atoms. The standard InChI is InChI=1S/C16H9N3O3/c17-9-13(16(20)21)8-14-18-15(22-19-14)12-6-5-10-3-1-2-4-11(10)7-12/h1-8H,(H,20,21)/b13-8-. The molecule has 0 radical (unpaired) electrons. The smallest absolute Gasteiger partial charge is 0.346 e. The number of rotatable bonds is 3. The molecule has 22 heavy (non-hydrogen) atoms. The second kappa shape index (κ2) is 5.50. The normalized spacial score (nSPS) is 11.3. The van der Waals surface area contributed by atoms with Gasteiger partial charge in [-0.25, -0.2) is 4.79 Å². The topological polar surface area (TPSA) is 100 Å². The molecule has 0 fully saturated rings. The van der Waals surface area contributed by atoms with Crippen molar-refractivity contribution in [1.82, 2.24) is 10.1 Å². The molecule has 6 nitrogen and oxygen atoms in total. The molecule has 0 spiro atoms. The quantitative estimate of drug-likeness (QED) is 0.588. The Morgan fingerprint density at radius 3 is 2.73 bits per heavy atom. The zero-order valence-electron chi connectivity index (χ0n) is 11.2. The number of fused-ring (bicyclic) bond motifs is 1. The Kier molecular flexibility index (Phi) is 3.38. The lowest BCUT2D eigenvalue weighted by molar-refractivity contribution is -0.132. The number of hydrogen-bond acceptors (Lipinski definition) is 5. The zero-order valence-corrected chi connectivity index (χ0v) is 11.2. The van der Waals surface area contributed by atoms with Gasteiger partial charge in [-0.3, -0.25) is 0 Å². The molecule has 0 saturated carbocycles. The summed E-state index contributed by atoms with van der Waals surface area (Å²) in [5.74, 6) is -1.03. The molecule has 6 heteroatoms. The predicted molar refractivity (Wildman–Crippen MR) is 78.5 cm³/mol. The minimum Gasteiger partial charge on any atom is -0.477 e. The third-order valence-corrected chi connectivity index (χ3v) is 3.06. The van der Waals surface area contributed by atoms with Crippen molar-refractivity contribution in [2.24, 2.45) is 0 Å². The Morgan fingerprint density at radius 1 is 1.23 bits per heavy atom. The van der Waals surface area contributed by atoms with Crippen molar-refractivity contribution in [1.29, 1.82) is 5.26 Å². The summed E-state index contributed by atoms with van der Waals surface area (Å²) in [5, 5.41) is 23.3. The molecule has 0 atom stereocenters. The van der Waals surface area contributed by atoms with Crippen LogP contribution in [0.3, 0.4) is 0 Å². The highest BCUT2D eigenvalue weighted by atomic mass is 16.5. The summed E-state index contributed by atoms with van der Waals surface area (Å²) in [5.41, 5.74) is 0.269. The van der Waals surface area contributed by atoms with Gasteiger partial charge in [0, 0.05) is 11.6 Å². The van der Waals surface area contributed by atoms with Crippen molar-refractivity contribution in [3.63, 3.8) is 0 Å². The number of benzene rings is 2. The van der Waals surface area contributed by atoms with E-state index in [1.54, 1.807) is 6.07 Å². The van der Waals surface area contributed by atoms with Crippen molar-refractivity contribution < 1.29 is 14.4 Å². The molecule has 106 valence electrons. The molecule has 0 amide bonds. The van der Waals surface area contributed by atoms with E-state index in [-0.39, 0.29) is 11.7 Å². The lowest BCUT2D eigenvalue weighted by Crippen LogP contribution is -1.97. The zero-order chi connectivity index (χ0) is 15.5. The molecule has 2 aromatic carbocycles. The maximum atomic E-state index is 10.8. The number of carbonyl (C=O) groups is 1. The Balaban J connectivity index is 1.99. The van der Waals surface area contributed by atoms with Gasteiger partial charge in [0.25, 0.3) is 5.89 Å². The van der Waals surface area contributed by atoms with Gasteiger partial charge >= 0.3 is 5.97 Å². The maximum Gasteiger partial charge on any atom is 0.346 e. The van der Waals surface area contributed by atoms with Gasteiger partial charge in [0.1, 0.15) is 11.6 Å². The van der Waals surface area contributed by atoms with Gasteiger partial charge in [-0.2, -0.15) is 10.2 Å². The van der Waals surface area contributed by atoms with Crippen LogP contribution < -0.4 is 0 Å². The SMILES string of the molecule is N#C/C(=C/c1noc(-c2ccc3ccccc3c2)n1)C(=O)O. The third-order valence-electron chi connectivity index (χ3n) is 3.06. The molecule has 1 heterocycles. The molecule has 0 saturated heterocycles. The molecule has 0 unspecified atom stereocenters. The summed E-state index contributed by atoms with van der Waals surface area (Å²) in [6, 6.07) is 15.1. The second-order valence-electron chi connectivity index (χ2n) is 4.49. The summed E-state index contributed by atoms with van der Waals surface area (Å²) in [6.07, 6.45) is 1.07. The second-order valence-corrected chi connectivity index (χ2v) is 4.49. The van der Waals surface area contributed by atoms with Crippen molar-refractivity contribution in [2.75, 3.05) is 0 Å². The van der Waals surface area contributed by atoms with Crippen molar-refractivity contribution in [3.05, 3.63) is 53.9 Å². The molecular weight excluding hydrogens is 282 g/mol. The summed E-state index contributed by atoms with van der Waals surface area (Å²) < 4.78 is 5.12. The highest BCUT2D eigenvalue weighted by molar-refractivity contribution is 5.96. The number of carboxylic acids is 1. The van der Waals surface area contributed by atoms with Crippen LogP contribution in [0, 0.1) is 11.3 Å². The van der Waals surface area contributed by atoms with E-state index in [9.17, 15) is 4.79 Å². The summed E-state index contributed by atoms with van der Waals surface area (Å²) in [4.78, 5) is 14.9. The first-order valence-electron chi connectivity index (χ1n) is 6.35. The monoisotopic (exact) mass is 291 g/mol. The van der Waals surface area contributed by atoms with Crippen LogP contribution in [0.2, 0.25) is 0 Å². The van der Waals surface area contributed by atoms with Gasteiger partial charge in [0.15, 0.2) is 5.82 Å². The minimum absolute atomic E-state index is 0.0436. The molecule has 1 aromatic heterocycles. The van der Waals surface area contributed by atoms with E-state index < -0.39 is 11.5 Å². The lowest BCUT2D eigenvalue weighted by atomic mass is 10.1. The van der Waals surface area contributed by atoms with Crippen molar-refractivity contribution >= 4 is 22.8 Å². The molecule has 3 rings (SSSR count). The largest absolute Gasteiger partial charge is 0.477 e. The van der Waals surface area contributed by atoms with Crippen LogP contribution in [-0.4, -0.2) is 21.2 Å². The summed E-state index contributed by atoms with van der Waals surface area (Å²) in [7, 11) is 0. The van der Waals surface area contributed by atoms with Gasteiger partial charge < -0.3 is 9.63 Å². The van der Waals surface area contributed by atoms with E-state index in [0.717, 1.165) is 22.4 Å². The van der Waals surface area contributed by atoms with E-state index in [0.29, 0.717) is 0 Å². The van der Waals surface area contributed by atoms with Gasteiger partial charge in [-0.1, -0.05) is 35.5 Å². The fraction of sp³-hybridized carbons (Fsp3) is 0. The highest BCUT2D eigenvalue weighted by Gasteiger charge is 2.11. The van der Waals surface area contributed by atoms with E-state index in [4.69, 9.17) is 14.9 Å². The first-order chi connectivity index (χ1) is 10.7. The molecule has 0 aliphatic rings. The van der Waals surface area contributed by atoms with Crippen LogP contribution in [-0.2, 0) is 4.79 Å². The first kappa shape index (κ1) is 13.5.